The number of benzene rings is 1. The van der Waals surface area contributed by atoms with Gasteiger partial charge in [0.2, 0.25) is 0 Å². The number of nitrogens with zero attached hydrogens (tertiary/aromatic N) is 3. The van der Waals surface area contributed by atoms with Gasteiger partial charge in [-0.1, -0.05) is 12.1 Å². The fraction of sp³-hybridized carbons (Fsp3) is 0. The molecule has 0 aliphatic heterocycles. The highest BCUT2D eigenvalue weighted by Gasteiger charge is 2.04. The Labute approximate surface area is 105 Å². The average molecular weight is 292 g/mol. The minimum absolute atomic E-state index is 0.244. The lowest BCUT2D eigenvalue weighted by Gasteiger charge is -2.01. The Bertz CT molecular complexity index is 676. The van der Waals surface area contributed by atoms with Crippen molar-refractivity contribution in [2.24, 2.45) is 0 Å². The summed E-state index contributed by atoms with van der Waals surface area (Å²) < 4.78 is 15.3. The summed E-state index contributed by atoms with van der Waals surface area (Å²) in [5.74, 6) is -0.244. The number of hydrogen-bond donors (Lipinski definition) is 0. The fourth-order valence-electron chi connectivity index (χ4n) is 1.65. The first-order valence-corrected chi connectivity index (χ1v) is 5.78. The summed E-state index contributed by atoms with van der Waals surface area (Å²) >= 11 is 3.35. The van der Waals surface area contributed by atoms with Gasteiger partial charge in [-0.3, -0.25) is 0 Å². The van der Waals surface area contributed by atoms with Gasteiger partial charge in [0.25, 0.3) is 0 Å². The largest absolute Gasteiger partial charge is 0.234 e. The van der Waals surface area contributed by atoms with E-state index in [2.05, 4.69) is 26.0 Å². The van der Waals surface area contributed by atoms with Crippen molar-refractivity contribution in [1.29, 1.82) is 0 Å². The first-order chi connectivity index (χ1) is 8.24. The van der Waals surface area contributed by atoms with Gasteiger partial charge >= 0.3 is 0 Å². The van der Waals surface area contributed by atoms with Crippen molar-refractivity contribution in [3.05, 3.63) is 53.1 Å². The molecule has 0 bridgehead atoms. The predicted octanol–water partition coefficient (Wildman–Crippen LogP) is 3.30. The van der Waals surface area contributed by atoms with Gasteiger partial charge in [0.05, 0.1) is 12.4 Å². The van der Waals surface area contributed by atoms with Gasteiger partial charge in [-0.2, -0.15) is 5.10 Å². The highest BCUT2D eigenvalue weighted by atomic mass is 79.9. The SMILES string of the molecule is Fc1ccc(-c2cnn3c(Br)cnc3c2)cc1. The smallest absolute Gasteiger partial charge is 0.155 e. The minimum Gasteiger partial charge on any atom is -0.234 e. The van der Waals surface area contributed by atoms with Gasteiger partial charge in [0.15, 0.2) is 5.65 Å². The predicted molar refractivity (Wildman–Crippen MR) is 66.1 cm³/mol. The third-order valence-electron chi connectivity index (χ3n) is 2.50. The van der Waals surface area contributed by atoms with Crippen LogP contribution in [0.3, 0.4) is 0 Å². The Kier molecular flexibility index (Phi) is 2.40. The zero-order chi connectivity index (χ0) is 11.8. The molecule has 3 rings (SSSR count). The summed E-state index contributed by atoms with van der Waals surface area (Å²) in [5, 5.41) is 4.25. The minimum atomic E-state index is -0.244. The zero-order valence-electron chi connectivity index (χ0n) is 8.64. The first kappa shape index (κ1) is 10.4. The molecule has 17 heavy (non-hydrogen) atoms. The highest BCUT2D eigenvalue weighted by molar-refractivity contribution is 9.10. The van der Waals surface area contributed by atoms with Crippen LogP contribution in [0.1, 0.15) is 0 Å². The van der Waals surface area contributed by atoms with Crippen molar-refractivity contribution in [1.82, 2.24) is 14.6 Å². The van der Waals surface area contributed by atoms with Crippen LogP contribution in [-0.2, 0) is 0 Å². The molecule has 84 valence electrons. The van der Waals surface area contributed by atoms with Gasteiger partial charge in [-0.25, -0.2) is 13.9 Å². The molecule has 0 aliphatic carbocycles. The molecule has 0 amide bonds. The first-order valence-electron chi connectivity index (χ1n) is 4.99. The number of aromatic nitrogens is 3. The molecule has 0 saturated heterocycles. The van der Waals surface area contributed by atoms with Gasteiger partial charge < -0.3 is 0 Å². The summed E-state index contributed by atoms with van der Waals surface area (Å²) in [5.41, 5.74) is 2.58. The van der Waals surface area contributed by atoms with E-state index in [4.69, 9.17) is 0 Å². The maximum Gasteiger partial charge on any atom is 0.155 e. The molecule has 0 saturated carbocycles. The molecule has 0 radical (unpaired) electrons. The summed E-state index contributed by atoms with van der Waals surface area (Å²) in [6.07, 6.45) is 3.42. The number of rotatable bonds is 1. The van der Waals surface area contributed by atoms with E-state index in [1.807, 2.05) is 6.07 Å². The molecule has 3 aromatic rings. The molecule has 0 aliphatic rings. The molecule has 3 nitrogen and oxygen atoms in total. The lowest BCUT2D eigenvalue weighted by Crippen LogP contribution is -1.92. The van der Waals surface area contributed by atoms with Crippen LogP contribution in [0, 0.1) is 5.82 Å². The topological polar surface area (TPSA) is 30.2 Å². The molecule has 1 aromatic carbocycles. The molecule has 5 heteroatoms. The van der Waals surface area contributed by atoms with Crippen LogP contribution in [0.5, 0.6) is 0 Å². The Morgan fingerprint density at radius 2 is 1.82 bits per heavy atom. The second kappa shape index (κ2) is 3.92. The van der Waals surface area contributed by atoms with Crippen molar-refractivity contribution in [2.75, 3.05) is 0 Å². The van der Waals surface area contributed by atoms with Crippen LogP contribution >= 0.6 is 15.9 Å². The molecule has 2 aromatic heterocycles. The van der Waals surface area contributed by atoms with E-state index in [0.29, 0.717) is 0 Å². The maximum atomic E-state index is 12.8. The van der Waals surface area contributed by atoms with E-state index in [1.165, 1.54) is 12.1 Å². The molecule has 0 N–H and O–H groups in total. The van der Waals surface area contributed by atoms with E-state index in [0.717, 1.165) is 21.4 Å². The van der Waals surface area contributed by atoms with Crippen molar-refractivity contribution in [3.63, 3.8) is 0 Å². The quantitative estimate of drug-likeness (QED) is 0.689. The lowest BCUT2D eigenvalue weighted by atomic mass is 10.1. The van der Waals surface area contributed by atoms with Gasteiger partial charge in [-0.15, -0.1) is 0 Å². The molecular formula is C12H7BrFN3. The van der Waals surface area contributed by atoms with Crippen molar-refractivity contribution >= 4 is 21.6 Å². The van der Waals surface area contributed by atoms with Gasteiger partial charge in [-0.05, 0) is 39.7 Å². The maximum absolute atomic E-state index is 12.8. The highest BCUT2D eigenvalue weighted by Crippen LogP contribution is 2.21. The summed E-state index contributed by atoms with van der Waals surface area (Å²) in [6.45, 7) is 0. The molecule has 0 spiro atoms. The Morgan fingerprint density at radius 3 is 2.59 bits per heavy atom. The van der Waals surface area contributed by atoms with Crippen LogP contribution in [0.2, 0.25) is 0 Å². The lowest BCUT2D eigenvalue weighted by molar-refractivity contribution is 0.628. The summed E-state index contributed by atoms with van der Waals surface area (Å²) in [7, 11) is 0. The summed E-state index contributed by atoms with van der Waals surface area (Å²) in [6, 6.07) is 8.22. The normalized spacial score (nSPS) is 10.9. The van der Waals surface area contributed by atoms with E-state index in [1.54, 1.807) is 29.0 Å². The van der Waals surface area contributed by atoms with Gasteiger partial charge in [0, 0.05) is 5.56 Å². The van der Waals surface area contributed by atoms with Crippen molar-refractivity contribution in [3.8, 4) is 11.1 Å². The third-order valence-corrected chi connectivity index (χ3v) is 3.04. The number of fused-ring (bicyclic) bond motifs is 1. The van der Waals surface area contributed by atoms with Crippen LogP contribution in [0.4, 0.5) is 4.39 Å². The fourth-order valence-corrected chi connectivity index (χ4v) is 2.02. The van der Waals surface area contributed by atoms with E-state index >= 15 is 0 Å². The molecular weight excluding hydrogens is 285 g/mol. The van der Waals surface area contributed by atoms with Crippen LogP contribution in [0.15, 0.2) is 47.3 Å². The Hall–Kier alpha value is -1.75. The molecule has 0 fully saturated rings. The van der Waals surface area contributed by atoms with Gasteiger partial charge in [0.1, 0.15) is 10.4 Å². The Morgan fingerprint density at radius 1 is 1.06 bits per heavy atom. The molecule has 2 heterocycles. The summed E-state index contributed by atoms with van der Waals surface area (Å²) in [4.78, 5) is 4.20. The second-order valence-corrected chi connectivity index (χ2v) is 4.41. The number of imidazole rings is 1. The molecule has 0 unspecified atom stereocenters. The van der Waals surface area contributed by atoms with E-state index < -0.39 is 0 Å². The second-order valence-electron chi connectivity index (χ2n) is 3.60. The third kappa shape index (κ3) is 1.82. The number of halogens is 2. The monoisotopic (exact) mass is 291 g/mol. The van der Waals surface area contributed by atoms with Crippen LogP contribution < -0.4 is 0 Å². The van der Waals surface area contributed by atoms with Crippen molar-refractivity contribution < 1.29 is 4.39 Å². The Balaban J connectivity index is 2.14. The van der Waals surface area contributed by atoms with Crippen LogP contribution in [-0.4, -0.2) is 14.6 Å². The number of hydrogen-bond acceptors (Lipinski definition) is 2. The zero-order valence-corrected chi connectivity index (χ0v) is 10.2. The van der Waals surface area contributed by atoms with Crippen LogP contribution in [0.25, 0.3) is 16.8 Å². The van der Waals surface area contributed by atoms with E-state index in [-0.39, 0.29) is 5.82 Å². The van der Waals surface area contributed by atoms with E-state index in [9.17, 15) is 4.39 Å². The van der Waals surface area contributed by atoms with Crippen molar-refractivity contribution in [2.45, 2.75) is 0 Å². The standard InChI is InChI=1S/C12H7BrFN3/c13-11-7-15-12-5-9(6-16-17(11)12)8-1-3-10(14)4-2-8/h1-7H. The molecule has 0 atom stereocenters. The average Bonchev–Trinajstić information content (AvgIpc) is 2.72.